The average Bonchev–Trinajstić information content (AvgIpc) is 2.17. The first kappa shape index (κ1) is 12.6. The molecule has 0 saturated carbocycles. The molecule has 7 heteroatoms. The summed E-state index contributed by atoms with van der Waals surface area (Å²) in [5.41, 5.74) is -0.750. The second-order valence-corrected chi connectivity index (χ2v) is 5.06. The van der Waals surface area contributed by atoms with Crippen molar-refractivity contribution in [1.82, 2.24) is 0 Å². The molecule has 0 aliphatic carbocycles. The number of rotatable bonds is 4. The molecule has 0 saturated heterocycles. The van der Waals surface area contributed by atoms with E-state index >= 15 is 0 Å². The molecule has 1 N–H and O–H groups in total. The number of hydrogen-bond donors (Lipinski definition) is 1. The molecule has 0 fully saturated rings. The van der Waals surface area contributed by atoms with E-state index in [2.05, 4.69) is 0 Å². The molecule has 0 heterocycles. The first-order valence-corrected chi connectivity index (χ1v) is 5.85. The van der Waals surface area contributed by atoms with Crippen molar-refractivity contribution in [3.63, 3.8) is 0 Å². The molecule has 0 aromatic heterocycles. The Bertz CT molecular complexity index is 510. The van der Waals surface area contributed by atoms with Gasteiger partial charge in [0.15, 0.2) is 9.84 Å². The standard InChI is InChI=1S/C9H8F2O4S/c10-3-4-16(14,15)6-1-2-8(11)7(5-6)9(12)13/h1-2,5H,3-4H2,(H,12,13). The summed E-state index contributed by atoms with van der Waals surface area (Å²) in [7, 11) is -3.89. The van der Waals surface area contributed by atoms with Crippen LogP contribution in [0.15, 0.2) is 23.1 Å². The minimum Gasteiger partial charge on any atom is -0.478 e. The van der Waals surface area contributed by atoms with E-state index < -0.39 is 44.5 Å². The van der Waals surface area contributed by atoms with E-state index in [0.29, 0.717) is 6.07 Å². The Morgan fingerprint density at radius 1 is 1.38 bits per heavy atom. The third-order valence-corrected chi connectivity index (χ3v) is 3.54. The van der Waals surface area contributed by atoms with Crippen molar-refractivity contribution in [2.24, 2.45) is 0 Å². The number of sulfone groups is 1. The average molecular weight is 250 g/mol. The van der Waals surface area contributed by atoms with Crippen LogP contribution in [0.1, 0.15) is 10.4 Å². The molecule has 0 atom stereocenters. The van der Waals surface area contributed by atoms with Crippen molar-refractivity contribution in [3.8, 4) is 0 Å². The lowest BCUT2D eigenvalue weighted by Crippen LogP contribution is -2.10. The molecule has 1 rings (SSSR count). The van der Waals surface area contributed by atoms with Crippen LogP contribution in [0.5, 0.6) is 0 Å². The van der Waals surface area contributed by atoms with E-state index in [1.54, 1.807) is 0 Å². The van der Waals surface area contributed by atoms with Gasteiger partial charge < -0.3 is 5.11 Å². The van der Waals surface area contributed by atoms with E-state index in [1.165, 1.54) is 0 Å². The molecule has 0 spiro atoms. The number of hydrogen-bond acceptors (Lipinski definition) is 3. The van der Waals surface area contributed by atoms with Crippen LogP contribution in [-0.4, -0.2) is 31.9 Å². The first-order valence-electron chi connectivity index (χ1n) is 4.20. The fraction of sp³-hybridized carbons (Fsp3) is 0.222. The van der Waals surface area contributed by atoms with Crippen molar-refractivity contribution in [2.45, 2.75) is 4.90 Å². The lowest BCUT2D eigenvalue weighted by atomic mass is 10.2. The highest BCUT2D eigenvalue weighted by molar-refractivity contribution is 7.91. The molecular formula is C9H8F2O4S. The molecule has 0 aliphatic heterocycles. The van der Waals surface area contributed by atoms with Crippen LogP contribution in [0.3, 0.4) is 0 Å². The van der Waals surface area contributed by atoms with Crippen LogP contribution < -0.4 is 0 Å². The number of carboxylic acids is 1. The Kier molecular flexibility index (Phi) is 3.58. The SMILES string of the molecule is O=C(O)c1cc(S(=O)(=O)CCF)ccc1F. The molecule has 16 heavy (non-hydrogen) atoms. The Morgan fingerprint density at radius 3 is 2.50 bits per heavy atom. The molecule has 4 nitrogen and oxygen atoms in total. The van der Waals surface area contributed by atoms with Crippen molar-refractivity contribution in [1.29, 1.82) is 0 Å². The van der Waals surface area contributed by atoms with Gasteiger partial charge in [-0.3, -0.25) is 0 Å². The fourth-order valence-electron chi connectivity index (χ4n) is 1.08. The number of aromatic carboxylic acids is 1. The highest BCUT2D eigenvalue weighted by atomic mass is 32.2. The first-order chi connectivity index (χ1) is 7.38. The van der Waals surface area contributed by atoms with Gasteiger partial charge in [-0.2, -0.15) is 0 Å². The number of benzene rings is 1. The lowest BCUT2D eigenvalue weighted by molar-refractivity contribution is 0.0691. The molecule has 0 amide bonds. The highest BCUT2D eigenvalue weighted by Gasteiger charge is 2.18. The zero-order valence-corrected chi connectivity index (χ0v) is 8.80. The molecular weight excluding hydrogens is 242 g/mol. The van der Waals surface area contributed by atoms with E-state index in [9.17, 15) is 22.0 Å². The van der Waals surface area contributed by atoms with Crippen LogP contribution in [0, 0.1) is 5.82 Å². The smallest absolute Gasteiger partial charge is 0.338 e. The van der Waals surface area contributed by atoms with Crippen molar-refractivity contribution in [3.05, 3.63) is 29.6 Å². The maximum Gasteiger partial charge on any atom is 0.338 e. The second kappa shape index (κ2) is 4.56. The van der Waals surface area contributed by atoms with E-state index in [1.807, 2.05) is 0 Å². The Morgan fingerprint density at radius 2 is 2.00 bits per heavy atom. The van der Waals surface area contributed by atoms with Gasteiger partial charge in [0.2, 0.25) is 0 Å². The predicted octanol–water partition coefficient (Wildman–Crippen LogP) is 1.27. The summed E-state index contributed by atoms with van der Waals surface area (Å²) < 4.78 is 47.6. The zero-order chi connectivity index (χ0) is 12.3. The molecule has 88 valence electrons. The van der Waals surface area contributed by atoms with Gasteiger partial charge in [-0.05, 0) is 18.2 Å². The van der Waals surface area contributed by atoms with Crippen LogP contribution in [0.2, 0.25) is 0 Å². The van der Waals surface area contributed by atoms with Gasteiger partial charge in [0, 0.05) is 0 Å². The molecule has 0 aliphatic rings. The Labute approximate surface area is 90.4 Å². The zero-order valence-electron chi connectivity index (χ0n) is 7.98. The van der Waals surface area contributed by atoms with Gasteiger partial charge in [0.25, 0.3) is 0 Å². The van der Waals surface area contributed by atoms with Gasteiger partial charge >= 0.3 is 5.97 Å². The third-order valence-electron chi connectivity index (χ3n) is 1.87. The normalized spacial score (nSPS) is 11.4. The largest absolute Gasteiger partial charge is 0.478 e. The summed E-state index contributed by atoms with van der Waals surface area (Å²) in [5, 5.41) is 8.58. The van der Waals surface area contributed by atoms with E-state index in [-0.39, 0.29) is 0 Å². The van der Waals surface area contributed by atoms with Crippen LogP contribution in [0.4, 0.5) is 8.78 Å². The quantitative estimate of drug-likeness (QED) is 0.817. The fourth-order valence-corrected chi connectivity index (χ4v) is 2.09. The maximum atomic E-state index is 12.9. The van der Waals surface area contributed by atoms with Gasteiger partial charge in [0.1, 0.15) is 12.5 Å². The number of halogens is 2. The monoisotopic (exact) mass is 250 g/mol. The predicted molar refractivity (Wildman–Crippen MR) is 51.4 cm³/mol. The number of carbonyl (C=O) groups is 1. The molecule has 1 aromatic rings. The van der Waals surface area contributed by atoms with Crippen molar-refractivity contribution >= 4 is 15.8 Å². The van der Waals surface area contributed by atoms with Gasteiger partial charge in [-0.15, -0.1) is 0 Å². The van der Waals surface area contributed by atoms with Crippen LogP contribution in [-0.2, 0) is 9.84 Å². The summed E-state index contributed by atoms with van der Waals surface area (Å²) in [6.45, 7) is -1.08. The summed E-state index contributed by atoms with van der Waals surface area (Å²) in [6, 6.07) is 2.32. The van der Waals surface area contributed by atoms with Gasteiger partial charge in [-0.25, -0.2) is 22.0 Å². The molecule has 1 aromatic carbocycles. The highest BCUT2D eigenvalue weighted by Crippen LogP contribution is 2.16. The summed E-state index contributed by atoms with van der Waals surface area (Å²) in [4.78, 5) is 10.2. The van der Waals surface area contributed by atoms with Crippen molar-refractivity contribution < 1.29 is 27.1 Å². The van der Waals surface area contributed by atoms with Crippen LogP contribution >= 0.6 is 0 Å². The maximum absolute atomic E-state index is 12.9. The Hall–Kier alpha value is -1.50. The molecule has 0 unspecified atom stereocenters. The number of carboxylic acid groups (broad SMARTS) is 1. The second-order valence-electron chi connectivity index (χ2n) is 2.95. The van der Waals surface area contributed by atoms with Gasteiger partial charge in [0.05, 0.1) is 16.2 Å². The minimum atomic E-state index is -3.89. The van der Waals surface area contributed by atoms with Crippen molar-refractivity contribution in [2.75, 3.05) is 12.4 Å². The summed E-state index contributed by atoms with van der Waals surface area (Å²) in [6.07, 6.45) is 0. The molecule has 0 radical (unpaired) electrons. The molecule has 0 bridgehead atoms. The lowest BCUT2D eigenvalue weighted by Gasteiger charge is -2.03. The topological polar surface area (TPSA) is 71.4 Å². The van der Waals surface area contributed by atoms with Gasteiger partial charge in [-0.1, -0.05) is 0 Å². The number of alkyl halides is 1. The minimum absolute atomic E-state index is 0.399. The summed E-state index contributed by atoms with van der Waals surface area (Å²) >= 11 is 0. The third kappa shape index (κ3) is 2.54. The summed E-state index contributed by atoms with van der Waals surface area (Å²) in [5.74, 6) is -3.36. The van der Waals surface area contributed by atoms with E-state index in [0.717, 1.165) is 12.1 Å². The van der Waals surface area contributed by atoms with E-state index in [4.69, 9.17) is 5.11 Å². The van der Waals surface area contributed by atoms with Crippen LogP contribution in [0.25, 0.3) is 0 Å². The Balaban J connectivity index is 3.28.